The number of carboxylic acids is 1. The molecule has 0 aromatic heterocycles. The fraction of sp³-hybridized carbons (Fsp3) is 0.300. The first-order chi connectivity index (χ1) is 6.04. The van der Waals surface area contributed by atoms with Gasteiger partial charge in [-0.05, 0) is 33.5 Å². The maximum Gasteiger partial charge on any atom is 0.336 e. The Kier molecular flexibility index (Phi) is 3.09. The molecule has 0 atom stereocenters. The zero-order valence-corrected chi connectivity index (χ0v) is 9.13. The van der Waals surface area contributed by atoms with Crippen molar-refractivity contribution in [3.05, 3.63) is 33.8 Å². The molecule has 0 radical (unpaired) electrons. The Morgan fingerprint density at radius 1 is 1.46 bits per heavy atom. The van der Waals surface area contributed by atoms with E-state index >= 15 is 0 Å². The monoisotopic (exact) mass is 242 g/mol. The molecule has 1 rings (SSSR count). The molecular formula is C10H11BrO2. The number of benzene rings is 1. The lowest BCUT2D eigenvalue weighted by molar-refractivity contribution is 0.0695. The molecular weight excluding hydrogens is 232 g/mol. The Bertz CT molecular complexity index is 332. The van der Waals surface area contributed by atoms with Crippen molar-refractivity contribution >= 4 is 21.9 Å². The van der Waals surface area contributed by atoms with Crippen LogP contribution >= 0.6 is 15.9 Å². The lowest BCUT2D eigenvalue weighted by atomic mass is 10.0. The van der Waals surface area contributed by atoms with E-state index in [1.807, 2.05) is 19.9 Å². The maximum absolute atomic E-state index is 10.8. The van der Waals surface area contributed by atoms with Gasteiger partial charge in [-0.25, -0.2) is 4.79 Å². The molecule has 0 bridgehead atoms. The third kappa shape index (κ3) is 2.10. The molecule has 70 valence electrons. The van der Waals surface area contributed by atoms with E-state index in [9.17, 15) is 4.79 Å². The van der Waals surface area contributed by atoms with E-state index in [-0.39, 0.29) is 0 Å². The van der Waals surface area contributed by atoms with Gasteiger partial charge in [0.2, 0.25) is 0 Å². The summed E-state index contributed by atoms with van der Waals surface area (Å²) in [6.07, 6.45) is 0. The Hall–Kier alpha value is -0.830. The summed E-state index contributed by atoms with van der Waals surface area (Å²) in [6, 6.07) is 5.29. The van der Waals surface area contributed by atoms with Crippen molar-refractivity contribution in [2.24, 2.45) is 0 Å². The van der Waals surface area contributed by atoms with Crippen molar-refractivity contribution in [3.63, 3.8) is 0 Å². The molecule has 0 saturated heterocycles. The highest BCUT2D eigenvalue weighted by molar-refractivity contribution is 9.10. The predicted molar refractivity (Wildman–Crippen MR) is 55.2 cm³/mol. The Morgan fingerprint density at radius 2 is 2.08 bits per heavy atom. The fourth-order valence-electron chi connectivity index (χ4n) is 1.16. The van der Waals surface area contributed by atoms with Gasteiger partial charge in [0.1, 0.15) is 0 Å². The Balaban J connectivity index is 3.26. The second kappa shape index (κ2) is 3.92. The Labute approximate surface area is 85.7 Å². The number of rotatable bonds is 2. The topological polar surface area (TPSA) is 37.3 Å². The highest BCUT2D eigenvalue weighted by Crippen LogP contribution is 2.27. The van der Waals surface area contributed by atoms with Crippen molar-refractivity contribution < 1.29 is 9.90 Å². The third-order valence-electron chi connectivity index (χ3n) is 1.88. The quantitative estimate of drug-likeness (QED) is 0.865. The van der Waals surface area contributed by atoms with Crippen LogP contribution in [-0.4, -0.2) is 11.1 Å². The zero-order chi connectivity index (χ0) is 10.0. The van der Waals surface area contributed by atoms with Gasteiger partial charge in [0, 0.05) is 4.47 Å². The number of carboxylic acid groups (broad SMARTS) is 1. The van der Waals surface area contributed by atoms with E-state index in [0.29, 0.717) is 16.0 Å². The molecule has 0 aliphatic carbocycles. The average Bonchev–Trinajstić information content (AvgIpc) is 2.03. The average molecular weight is 243 g/mol. The Morgan fingerprint density at radius 3 is 2.54 bits per heavy atom. The summed E-state index contributed by atoms with van der Waals surface area (Å²) < 4.78 is 0.692. The first kappa shape index (κ1) is 10.3. The minimum Gasteiger partial charge on any atom is -0.478 e. The maximum atomic E-state index is 10.8. The smallest absolute Gasteiger partial charge is 0.336 e. The van der Waals surface area contributed by atoms with E-state index < -0.39 is 5.97 Å². The number of halogens is 1. The van der Waals surface area contributed by atoms with Gasteiger partial charge in [0.25, 0.3) is 0 Å². The van der Waals surface area contributed by atoms with Crippen LogP contribution < -0.4 is 0 Å². The molecule has 1 aromatic rings. The van der Waals surface area contributed by atoms with Crippen LogP contribution in [0.25, 0.3) is 0 Å². The summed E-state index contributed by atoms with van der Waals surface area (Å²) in [4.78, 5) is 10.8. The first-order valence-corrected chi connectivity index (χ1v) is 4.85. The normalized spacial score (nSPS) is 10.5. The summed E-state index contributed by atoms with van der Waals surface area (Å²) in [5, 5.41) is 8.84. The standard InChI is InChI=1S/C10H11BrO2/c1-6(2)7-4-3-5-8(9(7)11)10(12)13/h3-6H,1-2H3,(H,12,13). The number of aromatic carboxylic acids is 1. The van der Waals surface area contributed by atoms with Crippen molar-refractivity contribution in [3.8, 4) is 0 Å². The summed E-state index contributed by atoms with van der Waals surface area (Å²) in [7, 11) is 0. The van der Waals surface area contributed by atoms with Crippen molar-refractivity contribution in [2.45, 2.75) is 19.8 Å². The molecule has 3 heteroatoms. The van der Waals surface area contributed by atoms with Gasteiger partial charge in [-0.15, -0.1) is 0 Å². The van der Waals surface area contributed by atoms with Crippen LogP contribution in [0.15, 0.2) is 22.7 Å². The molecule has 0 spiro atoms. The molecule has 0 amide bonds. The highest BCUT2D eigenvalue weighted by atomic mass is 79.9. The van der Waals surface area contributed by atoms with E-state index in [2.05, 4.69) is 15.9 Å². The van der Waals surface area contributed by atoms with Gasteiger partial charge in [0.05, 0.1) is 5.56 Å². The zero-order valence-electron chi connectivity index (χ0n) is 7.54. The second-order valence-electron chi connectivity index (χ2n) is 3.17. The molecule has 0 saturated carbocycles. The van der Waals surface area contributed by atoms with Gasteiger partial charge in [0.15, 0.2) is 0 Å². The lowest BCUT2D eigenvalue weighted by Gasteiger charge is -2.09. The van der Waals surface area contributed by atoms with Gasteiger partial charge in [-0.2, -0.15) is 0 Å². The molecule has 13 heavy (non-hydrogen) atoms. The van der Waals surface area contributed by atoms with Crippen LogP contribution in [0.4, 0.5) is 0 Å². The molecule has 0 aliphatic heterocycles. The summed E-state index contributed by atoms with van der Waals surface area (Å²) in [6.45, 7) is 4.07. The predicted octanol–water partition coefficient (Wildman–Crippen LogP) is 3.27. The largest absolute Gasteiger partial charge is 0.478 e. The molecule has 2 nitrogen and oxygen atoms in total. The first-order valence-electron chi connectivity index (χ1n) is 4.05. The van der Waals surface area contributed by atoms with Crippen LogP contribution in [0, 0.1) is 0 Å². The molecule has 0 heterocycles. The molecule has 0 aliphatic rings. The summed E-state index contributed by atoms with van der Waals surface area (Å²) >= 11 is 3.30. The van der Waals surface area contributed by atoms with E-state index in [0.717, 1.165) is 5.56 Å². The van der Waals surface area contributed by atoms with Crippen LogP contribution in [0.3, 0.4) is 0 Å². The van der Waals surface area contributed by atoms with Gasteiger partial charge < -0.3 is 5.11 Å². The molecule has 1 N–H and O–H groups in total. The van der Waals surface area contributed by atoms with Crippen molar-refractivity contribution in [1.29, 1.82) is 0 Å². The van der Waals surface area contributed by atoms with E-state index in [4.69, 9.17) is 5.11 Å². The van der Waals surface area contributed by atoms with Crippen molar-refractivity contribution in [1.82, 2.24) is 0 Å². The van der Waals surface area contributed by atoms with Crippen LogP contribution in [0.2, 0.25) is 0 Å². The summed E-state index contributed by atoms with van der Waals surface area (Å²) in [5.74, 6) is -0.567. The van der Waals surface area contributed by atoms with Gasteiger partial charge in [-0.1, -0.05) is 26.0 Å². The van der Waals surface area contributed by atoms with E-state index in [1.54, 1.807) is 12.1 Å². The highest BCUT2D eigenvalue weighted by Gasteiger charge is 2.12. The summed E-state index contributed by atoms with van der Waals surface area (Å²) in [5.41, 5.74) is 1.35. The second-order valence-corrected chi connectivity index (χ2v) is 3.96. The van der Waals surface area contributed by atoms with Crippen molar-refractivity contribution in [2.75, 3.05) is 0 Å². The molecule has 0 fully saturated rings. The minimum atomic E-state index is -0.894. The number of hydrogen-bond donors (Lipinski definition) is 1. The minimum absolute atomic E-state index is 0.325. The van der Waals surface area contributed by atoms with Gasteiger partial charge >= 0.3 is 5.97 Å². The fourth-order valence-corrected chi connectivity index (χ4v) is 2.05. The molecule has 0 unspecified atom stereocenters. The number of hydrogen-bond acceptors (Lipinski definition) is 1. The molecule has 1 aromatic carbocycles. The number of carbonyl (C=O) groups is 1. The van der Waals surface area contributed by atoms with E-state index in [1.165, 1.54) is 0 Å². The van der Waals surface area contributed by atoms with Crippen LogP contribution in [0.5, 0.6) is 0 Å². The van der Waals surface area contributed by atoms with Crippen LogP contribution in [0.1, 0.15) is 35.7 Å². The SMILES string of the molecule is CC(C)c1cccc(C(=O)O)c1Br. The lowest BCUT2D eigenvalue weighted by Crippen LogP contribution is -2.00. The van der Waals surface area contributed by atoms with Crippen LogP contribution in [-0.2, 0) is 0 Å². The third-order valence-corrected chi connectivity index (χ3v) is 2.77. The van der Waals surface area contributed by atoms with Gasteiger partial charge in [-0.3, -0.25) is 0 Å².